The lowest BCUT2D eigenvalue weighted by Gasteiger charge is -2.18. The van der Waals surface area contributed by atoms with Gasteiger partial charge in [-0.25, -0.2) is 4.79 Å². The molecule has 0 atom stereocenters. The number of benzene rings is 1. The van der Waals surface area contributed by atoms with Gasteiger partial charge in [0.05, 0.1) is 0 Å². The summed E-state index contributed by atoms with van der Waals surface area (Å²) in [6.07, 6.45) is 4.72. The number of allylic oxidation sites excluding steroid dienone is 2. The van der Waals surface area contributed by atoms with Crippen molar-refractivity contribution in [3.63, 3.8) is 0 Å². The smallest absolute Gasteiger partial charge is 0.349 e. The maximum atomic E-state index is 11.7. The number of hydrogen-bond acceptors (Lipinski definition) is 4. The summed E-state index contributed by atoms with van der Waals surface area (Å²) in [4.78, 5) is 11.7. The number of aromatic hydroxyl groups is 1. The lowest BCUT2D eigenvalue weighted by atomic mass is 10.1. The van der Waals surface area contributed by atoms with Crippen molar-refractivity contribution in [3.05, 3.63) is 47.6 Å². The number of phenols is 1. The molecule has 0 aliphatic rings. The van der Waals surface area contributed by atoms with Gasteiger partial charge in [-0.05, 0) is 44.5 Å². The molecule has 0 bridgehead atoms. The fourth-order valence-electron chi connectivity index (χ4n) is 1.32. The lowest BCUT2D eigenvalue weighted by molar-refractivity contribution is -0.149. The fourth-order valence-corrected chi connectivity index (χ4v) is 1.32. The van der Waals surface area contributed by atoms with Gasteiger partial charge in [-0.2, -0.15) is 5.26 Å². The number of nitrogens with zero attached hydrogens (tertiary/aromatic N) is 1. The van der Waals surface area contributed by atoms with Gasteiger partial charge >= 0.3 is 5.97 Å². The standard InChI is InChI=1S/C16H17NO3/c1-16(2,3)20-15(19)13(11-17)6-4-5-12-7-9-14(18)10-8-12/h4-10,18H,1-3H3/b5-4+,13-6+. The molecule has 4 heteroatoms. The van der Waals surface area contributed by atoms with E-state index in [4.69, 9.17) is 15.1 Å². The van der Waals surface area contributed by atoms with E-state index in [9.17, 15) is 4.79 Å². The molecule has 0 spiro atoms. The molecule has 0 aliphatic carbocycles. The van der Waals surface area contributed by atoms with Crippen LogP contribution in [0.5, 0.6) is 5.75 Å². The summed E-state index contributed by atoms with van der Waals surface area (Å²) in [7, 11) is 0. The molecule has 0 amide bonds. The summed E-state index contributed by atoms with van der Waals surface area (Å²) in [5.41, 5.74) is 0.156. The van der Waals surface area contributed by atoms with Crippen molar-refractivity contribution >= 4 is 12.0 Å². The largest absolute Gasteiger partial charge is 0.508 e. The fraction of sp³-hybridized carbons (Fsp3) is 0.250. The molecule has 1 rings (SSSR count). The van der Waals surface area contributed by atoms with Crippen LogP contribution in [0.15, 0.2) is 42.0 Å². The topological polar surface area (TPSA) is 70.3 Å². The van der Waals surface area contributed by atoms with E-state index in [0.717, 1.165) is 5.56 Å². The third-order valence-corrected chi connectivity index (χ3v) is 2.18. The Bertz CT molecular complexity index is 569. The van der Waals surface area contributed by atoms with Gasteiger partial charge in [0.25, 0.3) is 0 Å². The number of phenolic OH excluding ortho intramolecular Hbond substituents is 1. The van der Waals surface area contributed by atoms with Gasteiger partial charge in [0, 0.05) is 0 Å². The molecule has 0 aromatic heterocycles. The van der Waals surface area contributed by atoms with Crippen LogP contribution in [0.2, 0.25) is 0 Å². The van der Waals surface area contributed by atoms with E-state index in [0.29, 0.717) is 0 Å². The Kier molecular flexibility index (Phi) is 5.10. The van der Waals surface area contributed by atoms with Crippen LogP contribution in [0.3, 0.4) is 0 Å². The number of esters is 1. The second kappa shape index (κ2) is 6.58. The zero-order chi connectivity index (χ0) is 15.2. The van der Waals surface area contributed by atoms with Gasteiger partial charge in [-0.15, -0.1) is 0 Å². The molecule has 104 valence electrons. The Labute approximate surface area is 118 Å². The molecule has 0 radical (unpaired) electrons. The van der Waals surface area contributed by atoms with Crippen molar-refractivity contribution in [1.82, 2.24) is 0 Å². The van der Waals surface area contributed by atoms with Crippen LogP contribution in [0.4, 0.5) is 0 Å². The van der Waals surface area contributed by atoms with Crippen LogP contribution in [0.25, 0.3) is 6.08 Å². The van der Waals surface area contributed by atoms with Gasteiger partial charge < -0.3 is 9.84 Å². The molecule has 0 aliphatic heterocycles. The third kappa shape index (κ3) is 5.40. The summed E-state index contributed by atoms with van der Waals surface area (Å²) < 4.78 is 5.11. The molecule has 1 N–H and O–H groups in total. The van der Waals surface area contributed by atoms with Crippen molar-refractivity contribution < 1.29 is 14.6 Å². The van der Waals surface area contributed by atoms with Crippen LogP contribution >= 0.6 is 0 Å². The molecule has 4 nitrogen and oxygen atoms in total. The summed E-state index contributed by atoms with van der Waals surface area (Å²) in [6.45, 7) is 5.23. The Hall–Kier alpha value is -2.54. The van der Waals surface area contributed by atoms with E-state index in [1.54, 1.807) is 57.2 Å². The molecule has 1 aromatic rings. The molecule has 0 heterocycles. The zero-order valence-corrected chi connectivity index (χ0v) is 11.8. The van der Waals surface area contributed by atoms with E-state index in [-0.39, 0.29) is 11.3 Å². The van der Waals surface area contributed by atoms with Gasteiger partial charge in [-0.1, -0.05) is 24.3 Å². The Morgan fingerprint density at radius 3 is 2.40 bits per heavy atom. The van der Waals surface area contributed by atoms with Gasteiger partial charge in [0.1, 0.15) is 23.0 Å². The van der Waals surface area contributed by atoms with Crippen LogP contribution < -0.4 is 0 Å². The predicted molar refractivity (Wildman–Crippen MR) is 76.7 cm³/mol. The van der Waals surface area contributed by atoms with Crippen molar-refractivity contribution in [2.75, 3.05) is 0 Å². The molecule has 0 unspecified atom stereocenters. The average Bonchev–Trinajstić information content (AvgIpc) is 2.34. The maximum Gasteiger partial charge on any atom is 0.349 e. The third-order valence-electron chi connectivity index (χ3n) is 2.18. The molecule has 0 fully saturated rings. The molecule has 0 saturated heterocycles. The minimum Gasteiger partial charge on any atom is -0.508 e. The number of hydrogen-bond donors (Lipinski definition) is 1. The van der Waals surface area contributed by atoms with E-state index in [1.165, 1.54) is 6.08 Å². The highest BCUT2D eigenvalue weighted by Gasteiger charge is 2.19. The summed E-state index contributed by atoms with van der Waals surface area (Å²) in [6, 6.07) is 8.37. The van der Waals surface area contributed by atoms with E-state index < -0.39 is 11.6 Å². The van der Waals surface area contributed by atoms with E-state index >= 15 is 0 Å². The van der Waals surface area contributed by atoms with Crippen LogP contribution in [0, 0.1) is 11.3 Å². The van der Waals surface area contributed by atoms with Crippen molar-refractivity contribution in [2.24, 2.45) is 0 Å². The zero-order valence-electron chi connectivity index (χ0n) is 11.8. The second-order valence-corrected chi connectivity index (χ2v) is 5.14. The maximum absolute atomic E-state index is 11.7. The molecule has 20 heavy (non-hydrogen) atoms. The van der Waals surface area contributed by atoms with E-state index in [1.807, 2.05) is 6.07 Å². The van der Waals surface area contributed by atoms with Crippen LogP contribution in [-0.2, 0) is 9.53 Å². The van der Waals surface area contributed by atoms with Crippen molar-refractivity contribution in [2.45, 2.75) is 26.4 Å². The van der Waals surface area contributed by atoms with Crippen molar-refractivity contribution in [1.29, 1.82) is 5.26 Å². The Morgan fingerprint density at radius 1 is 1.30 bits per heavy atom. The highest BCUT2D eigenvalue weighted by atomic mass is 16.6. The van der Waals surface area contributed by atoms with Gasteiger partial charge in [-0.3, -0.25) is 0 Å². The SMILES string of the molecule is CC(C)(C)OC(=O)/C(C#N)=C/C=C/c1ccc(O)cc1. The quantitative estimate of drug-likeness (QED) is 0.396. The number of ether oxygens (including phenoxy) is 1. The molecule has 1 aromatic carbocycles. The molecular weight excluding hydrogens is 254 g/mol. The average molecular weight is 271 g/mol. The Morgan fingerprint density at radius 2 is 1.90 bits per heavy atom. The van der Waals surface area contributed by atoms with Gasteiger partial charge in [0.15, 0.2) is 0 Å². The highest BCUT2D eigenvalue weighted by molar-refractivity contribution is 5.93. The number of carbonyl (C=O) groups is 1. The second-order valence-electron chi connectivity index (χ2n) is 5.14. The molecule has 0 saturated carbocycles. The minimum atomic E-state index is -0.643. The number of nitriles is 1. The number of carbonyl (C=O) groups excluding carboxylic acids is 1. The van der Waals surface area contributed by atoms with Crippen LogP contribution in [0.1, 0.15) is 26.3 Å². The normalized spacial score (nSPS) is 12.2. The van der Waals surface area contributed by atoms with E-state index in [2.05, 4.69) is 0 Å². The van der Waals surface area contributed by atoms with Crippen molar-refractivity contribution in [3.8, 4) is 11.8 Å². The highest BCUT2D eigenvalue weighted by Crippen LogP contribution is 2.12. The minimum absolute atomic E-state index is 0.0602. The lowest BCUT2D eigenvalue weighted by Crippen LogP contribution is -2.24. The first-order valence-electron chi connectivity index (χ1n) is 6.12. The first kappa shape index (κ1) is 15.5. The van der Waals surface area contributed by atoms with Crippen LogP contribution in [-0.4, -0.2) is 16.7 Å². The number of rotatable bonds is 3. The van der Waals surface area contributed by atoms with Gasteiger partial charge in [0.2, 0.25) is 0 Å². The summed E-state index contributed by atoms with van der Waals surface area (Å²) >= 11 is 0. The summed E-state index contributed by atoms with van der Waals surface area (Å²) in [5.74, 6) is -0.459. The first-order chi connectivity index (χ1) is 9.31. The molecular formula is C16H17NO3. The summed E-state index contributed by atoms with van der Waals surface area (Å²) in [5, 5.41) is 18.1. The Balaban J connectivity index is 2.78. The predicted octanol–water partition coefficient (Wildman–Crippen LogP) is 3.20. The monoisotopic (exact) mass is 271 g/mol. The first-order valence-corrected chi connectivity index (χ1v) is 6.12.